The molecule has 0 bridgehead atoms. The van der Waals surface area contributed by atoms with E-state index < -0.39 is 0 Å². The molecule has 0 radical (unpaired) electrons. The number of rotatable bonds is 1. The van der Waals surface area contributed by atoms with E-state index in [1.807, 2.05) is 12.1 Å². The maximum absolute atomic E-state index is 5.53. The van der Waals surface area contributed by atoms with Crippen LogP contribution in [0.5, 0.6) is 0 Å². The zero-order valence-corrected chi connectivity index (χ0v) is 7.12. The molecule has 1 saturated heterocycles. The number of ether oxygens (including phenoxy) is 1. The summed E-state index contributed by atoms with van der Waals surface area (Å²) in [5, 5.41) is 0. The van der Waals surface area contributed by atoms with Crippen LogP contribution in [0.25, 0.3) is 0 Å². The molecule has 1 aromatic heterocycles. The van der Waals surface area contributed by atoms with Gasteiger partial charge in [0.15, 0.2) is 0 Å². The summed E-state index contributed by atoms with van der Waals surface area (Å²) in [5.74, 6) is 1.31. The number of furan rings is 1. The largest absolute Gasteiger partial charge is 0.466 e. The average molecular weight is 164 g/mol. The van der Waals surface area contributed by atoms with Crippen LogP contribution in [0.3, 0.4) is 0 Å². The van der Waals surface area contributed by atoms with Crippen LogP contribution in [0.15, 0.2) is 35.0 Å². The number of hydrogen-bond donors (Lipinski definition) is 0. The van der Waals surface area contributed by atoms with Crippen LogP contribution in [0.4, 0.5) is 0 Å². The van der Waals surface area contributed by atoms with Gasteiger partial charge < -0.3 is 9.15 Å². The van der Waals surface area contributed by atoms with Crippen molar-refractivity contribution in [3.63, 3.8) is 0 Å². The third-order valence-electron chi connectivity index (χ3n) is 2.28. The van der Waals surface area contributed by atoms with E-state index in [1.165, 1.54) is 0 Å². The maximum Gasteiger partial charge on any atom is 0.136 e. The third kappa shape index (κ3) is 1.08. The van der Waals surface area contributed by atoms with Crippen LogP contribution in [-0.4, -0.2) is 6.61 Å². The Morgan fingerprint density at radius 2 is 2.42 bits per heavy atom. The lowest BCUT2D eigenvalue weighted by Crippen LogP contribution is -1.96. The summed E-state index contributed by atoms with van der Waals surface area (Å²) in [6.07, 6.45) is 1.64. The topological polar surface area (TPSA) is 22.4 Å². The predicted octanol–water partition coefficient (Wildman–Crippen LogP) is 2.54. The van der Waals surface area contributed by atoms with Gasteiger partial charge in [0.2, 0.25) is 0 Å². The maximum atomic E-state index is 5.53. The van der Waals surface area contributed by atoms with Gasteiger partial charge in [-0.05, 0) is 17.7 Å². The van der Waals surface area contributed by atoms with Crippen molar-refractivity contribution in [2.45, 2.75) is 13.0 Å². The van der Waals surface area contributed by atoms with E-state index in [0.717, 1.165) is 17.9 Å². The van der Waals surface area contributed by atoms with E-state index in [9.17, 15) is 0 Å². The van der Waals surface area contributed by atoms with Crippen molar-refractivity contribution < 1.29 is 9.15 Å². The van der Waals surface area contributed by atoms with Crippen LogP contribution in [0.2, 0.25) is 0 Å². The standard InChI is InChI=1S/C10H12O2/c1-7-6-12-10(8(7)2)9-4-3-5-11-9/h3-5,7,10H,2,6H2,1H3. The molecular weight excluding hydrogens is 152 g/mol. The molecule has 2 nitrogen and oxygen atoms in total. The normalized spacial score (nSPS) is 29.6. The van der Waals surface area contributed by atoms with Crippen LogP contribution in [0, 0.1) is 5.92 Å². The van der Waals surface area contributed by atoms with Crippen molar-refractivity contribution >= 4 is 0 Å². The minimum Gasteiger partial charge on any atom is -0.466 e. The van der Waals surface area contributed by atoms with Gasteiger partial charge in [-0.2, -0.15) is 0 Å². The van der Waals surface area contributed by atoms with Gasteiger partial charge >= 0.3 is 0 Å². The lowest BCUT2D eigenvalue weighted by molar-refractivity contribution is 0.102. The van der Waals surface area contributed by atoms with Gasteiger partial charge in [0.05, 0.1) is 12.9 Å². The minimum atomic E-state index is -0.0185. The van der Waals surface area contributed by atoms with Gasteiger partial charge in [0.1, 0.15) is 11.9 Å². The first-order valence-electron chi connectivity index (χ1n) is 4.12. The summed E-state index contributed by atoms with van der Waals surface area (Å²) >= 11 is 0. The molecule has 1 aromatic rings. The fourth-order valence-electron chi connectivity index (χ4n) is 1.42. The SMILES string of the molecule is C=C1C(C)COC1c1ccco1. The molecule has 2 unspecified atom stereocenters. The molecule has 64 valence electrons. The van der Waals surface area contributed by atoms with Gasteiger partial charge in [0.25, 0.3) is 0 Å². The smallest absolute Gasteiger partial charge is 0.136 e. The monoisotopic (exact) mass is 164 g/mol. The summed E-state index contributed by atoms with van der Waals surface area (Å²) in [5.41, 5.74) is 1.12. The molecule has 0 saturated carbocycles. The summed E-state index contributed by atoms with van der Waals surface area (Å²) in [4.78, 5) is 0. The fourth-order valence-corrected chi connectivity index (χ4v) is 1.42. The summed E-state index contributed by atoms with van der Waals surface area (Å²) < 4.78 is 10.8. The van der Waals surface area contributed by atoms with Crippen molar-refractivity contribution in [2.24, 2.45) is 5.92 Å². The first-order valence-corrected chi connectivity index (χ1v) is 4.12. The van der Waals surface area contributed by atoms with Gasteiger partial charge in [-0.25, -0.2) is 0 Å². The van der Waals surface area contributed by atoms with Gasteiger partial charge in [-0.15, -0.1) is 0 Å². The quantitative estimate of drug-likeness (QED) is 0.595. The Bertz CT molecular complexity index is 274. The Morgan fingerprint density at radius 3 is 2.92 bits per heavy atom. The molecule has 0 aliphatic carbocycles. The summed E-state index contributed by atoms with van der Waals surface area (Å²) in [6, 6.07) is 3.79. The Labute approximate surface area is 71.8 Å². The second-order valence-electron chi connectivity index (χ2n) is 3.20. The zero-order chi connectivity index (χ0) is 8.55. The van der Waals surface area contributed by atoms with Crippen LogP contribution >= 0.6 is 0 Å². The van der Waals surface area contributed by atoms with E-state index >= 15 is 0 Å². The third-order valence-corrected chi connectivity index (χ3v) is 2.28. The van der Waals surface area contributed by atoms with Crippen molar-refractivity contribution in [3.05, 3.63) is 36.3 Å². The van der Waals surface area contributed by atoms with Crippen molar-refractivity contribution in [1.82, 2.24) is 0 Å². The fraction of sp³-hybridized carbons (Fsp3) is 0.400. The Balaban J connectivity index is 2.22. The average Bonchev–Trinajstić information content (AvgIpc) is 2.64. The van der Waals surface area contributed by atoms with E-state index in [4.69, 9.17) is 9.15 Å². The second kappa shape index (κ2) is 2.79. The highest BCUT2D eigenvalue weighted by Gasteiger charge is 2.29. The Hall–Kier alpha value is -1.02. The zero-order valence-electron chi connectivity index (χ0n) is 7.12. The molecule has 2 heterocycles. The Kier molecular flexibility index (Phi) is 1.77. The van der Waals surface area contributed by atoms with E-state index in [0.29, 0.717) is 5.92 Å². The molecule has 2 rings (SSSR count). The van der Waals surface area contributed by atoms with Crippen molar-refractivity contribution in [2.75, 3.05) is 6.61 Å². The minimum absolute atomic E-state index is 0.0185. The molecule has 1 fully saturated rings. The summed E-state index contributed by atoms with van der Waals surface area (Å²) in [6.45, 7) is 6.86. The van der Waals surface area contributed by atoms with E-state index in [1.54, 1.807) is 6.26 Å². The molecule has 0 amide bonds. The first kappa shape index (κ1) is 7.62. The highest BCUT2D eigenvalue weighted by Crippen LogP contribution is 2.36. The van der Waals surface area contributed by atoms with E-state index in [-0.39, 0.29) is 6.10 Å². The number of hydrogen-bond acceptors (Lipinski definition) is 2. The van der Waals surface area contributed by atoms with Crippen LogP contribution < -0.4 is 0 Å². The van der Waals surface area contributed by atoms with Gasteiger partial charge in [-0.1, -0.05) is 13.5 Å². The molecule has 12 heavy (non-hydrogen) atoms. The summed E-state index contributed by atoms with van der Waals surface area (Å²) in [7, 11) is 0. The lowest BCUT2D eigenvalue weighted by atomic mass is 10.0. The molecule has 2 heteroatoms. The highest BCUT2D eigenvalue weighted by molar-refractivity contribution is 5.20. The van der Waals surface area contributed by atoms with Crippen LogP contribution in [0.1, 0.15) is 18.8 Å². The van der Waals surface area contributed by atoms with Gasteiger partial charge in [-0.3, -0.25) is 0 Å². The van der Waals surface area contributed by atoms with Crippen LogP contribution in [-0.2, 0) is 4.74 Å². The van der Waals surface area contributed by atoms with Gasteiger partial charge in [0, 0.05) is 5.92 Å². The molecular formula is C10H12O2. The lowest BCUT2D eigenvalue weighted by Gasteiger charge is -2.07. The first-order chi connectivity index (χ1) is 5.79. The highest BCUT2D eigenvalue weighted by atomic mass is 16.5. The predicted molar refractivity (Wildman–Crippen MR) is 45.7 cm³/mol. The van der Waals surface area contributed by atoms with Crippen molar-refractivity contribution in [1.29, 1.82) is 0 Å². The molecule has 0 aromatic carbocycles. The molecule has 2 atom stereocenters. The van der Waals surface area contributed by atoms with Crippen molar-refractivity contribution in [3.8, 4) is 0 Å². The Morgan fingerprint density at radius 1 is 1.58 bits per heavy atom. The van der Waals surface area contributed by atoms with E-state index in [2.05, 4.69) is 13.5 Å². The molecule has 1 aliphatic heterocycles. The molecule has 0 N–H and O–H groups in total. The molecule has 0 spiro atoms. The molecule has 1 aliphatic rings. The second-order valence-corrected chi connectivity index (χ2v) is 3.20.